The van der Waals surface area contributed by atoms with Crippen LogP contribution in [0.5, 0.6) is 0 Å². The van der Waals surface area contributed by atoms with E-state index < -0.39 is 10.0 Å². The van der Waals surface area contributed by atoms with E-state index in [-0.39, 0.29) is 11.9 Å². The summed E-state index contributed by atoms with van der Waals surface area (Å²) in [4.78, 5) is 0. The molecule has 1 aliphatic heterocycles. The summed E-state index contributed by atoms with van der Waals surface area (Å²) < 4.78 is 31.5. The maximum atomic E-state index is 12.2. The lowest BCUT2D eigenvalue weighted by atomic mass is 10.2. The van der Waals surface area contributed by atoms with Crippen LogP contribution >= 0.6 is 0 Å². The summed E-state index contributed by atoms with van der Waals surface area (Å²) in [5.41, 5.74) is 0. The van der Waals surface area contributed by atoms with Crippen LogP contribution in [0.1, 0.15) is 39.5 Å². The molecule has 1 rings (SSSR count). The Morgan fingerprint density at radius 2 is 2.05 bits per heavy atom. The van der Waals surface area contributed by atoms with Crippen LogP contribution in [-0.4, -0.2) is 57.4 Å². The average Bonchev–Trinajstić information content (AvgIpc) is 2.43. The summed E-state index contributed by atoms with van der Waals surface area (Å²) in [6.45, 7) is 7.62. The molecule has 6 heteroatoms. The van der Waals surface area contributed by atoms with Crippen molar-refractivity contribution in [3.8, 4) is 0 Å². The Labute approximate surface area is 117 Å². The summed E-state index contributed by atoms with van der Waals surface area (Å²) in [7, 11) is -3.09. The molecule has 1 saturated heterocycles. The molecule has 5 nitrogen and oxygen atoms in total. The number of morpholine rings is 1. The summed E-state index contributed by atoms with van der Waals surface area (Å²) in [5.74, 6) is 0.261. The SMILES string of the molecule is CCCNCCCCS(=O)(=O)N1CCOC(CC)C1. The van der Waals surface area contributed by atoms with Crippen molar-refractivity contribution in [2.75, 3.05) is 38.5 Å². The van der Waals surface area contributed by atoms with Gasteiger partial charge < -0.3 is 10.1 Å². The molecule has 1 unspecified atom stereocenters. The van der Waals surface area contributed by atoms with Crippen molar-refractivity contribution in [3.63, 3.8) is 0 Å². The predicted octanol–water partition coefficient (Wildman–Crippen LogP) is 1.21. The highest BCUT2D eigenvalue weighted by molar-refractivity contribution is 7.89. The Bertz CT molecular complexity index is 333. The number of nitrogens with zero attached hydrogens (tertiary/aromatic N) is 1. The third-order valence-corrected chi connectivity index (χ3v) is 5.31. The highest BCUT2D eigenvalue weighted by Gasteiger charge is 2.27. The lowest BCUT2D eigenvalue weighted by Crippen LogP contribution is -2.46. The van der Waals surface area contributed by atoms with E-state index in [1.165, 1.54) is 0 Å². The molecule has 0 aliphatic carbocycles. The Kier molecular flexibility index (Phi) is 7.90. The number of sulfonamides is 1. The van der Waals surface area contributed by atoms with Crippen molar-refractivity contribution < 1.29 is 13.2 Å². The molecule has 19 heavy (non-hydrogen) atoms. The van der Waals surface area contributed by atoms with Crippen molar-refractivity contribution >= 4 is 10.0 Å². The van der Waals surface area contributed by atoms with E-state index in [9.17, 15) is 8.42 Å². The molecule has 1 N–H and O–H groups in total. The zero-order valence-corrected chi connectivity index (χ0v) is 13.0. The minimum Gasteiger partial charge on any atom is -0.375 e. The molecule has 114 valence electrons. The predicted molar refractivity (Wildman–Crippen MR) is 77.8 cm³/mol. The highest BCUT2D eigenvalue weighted by Crippen LogP contribution is 2.13. The first kappa shape index (κ1) is 16.9. The average molecular weight is 292 g/mol. The van der Waals surface area contributed by atoms with Gasteiger partial charge in [-0.05, 0) is 38.8 Å². The highest BCUT2D eigenvalue weighted by atomic mass is 32.2. The van der Waals surface area contributed by atoms with E-state index in [1.54, 1.807) is 4.31 Å². The molecule has 0 bridgehead atoms. The molecule has 1 heterocycles. The quantitative estimate of drug-likeness (QED) is 0.649. The Morgan fingerprint density at radius 1 is 1.26 bits per heavy atom. The van der Waals surface area contributed by atoms with Crippen molar-refractivity contribution in [1.29, 1.82) is 0 Å². The maximum Gasteiger partial charge on any atom is 0.214 e. The fourth-order valence-corrected chi connectivity index (χ4v) is 3.73. The fourth-order valence-electron chi connectivity index (χ4n) is 2.16. The smallest absolute Gasteiger partial charge is 0.214 e. The van der Waals surface area contributed by atoms with E-state index >= 15 is 0 Å². The topological polar surface area (TPSA) is 58.6 Å². The van der Waals surface area contributed by atoms with Crippen molar-refractivity contribution in [3.05, 3.63) is 0 Å². The standard InChI is InChI=1S/C13H28N2O3S/c1-3-7-14-8-5-6-11-19(16,17)15-9-10-18-13(4-2)12-15/h13-14H,3-12H2,1-2H3. The van der Waals surface area contributed by atoms with E-state index in [0.717, 1.165) is 38.8 Å². The Hall–Kier alpha value is -0.170. The van der Waals surface area contributed by atoms with Crippen LogP contribution < -0.4 is 5.32 Å². The minimum absolute atomic E-state index is 0.0646. The first-order chi connectivity index (χ1) is 9.10. The van der Waals surface area contributed by atoms with Gasteiger partial charge in [0, 0.05) is 13.1 Å². The van der Waals surface area contributed by atoms with Crippen LogP contribution in [0.4, 0.5) is 0 Å². The van der Waals surface area contributed by atoms with Crippen LogP contribution in [0.25, 0.3) is 0 Å². The summed E-state index contributed by atoms with van der Waals surface area (Å²) >= 11 is 0. The number of unbranched alkanes of at least 4 members (excludes halogenated alkanes) is 1. The molecule has 0 aromatic carbocycles. The number of nitrogens with one attached hydrogen (secondary N) is 1. The second-order valence-electron chi connectivity index (χ2n) is 5.03. The van der Waals surface area contributed by atoms with Crippen LogP contribution in [0.15, 0.2) is 0 Å². The number of ether oxygens (including phenoxy) is 1. The molecule has 0 radical (unpaired) electrons. The van der Waals surface area contributed by atoms with Gasteiger partial charge in [-0.1, -0.05) is 13.8 Å². The molecule has 0 amide bonds. The zero-order chi connectivity index (χ0) is 14.1. The number of hydrogen-bond acceptors (Lipinski definition) is 4. The van der Waals surface area contributed by atoms with Crippen LogP contribution in [0.3, 0.4) is 0 Å². The molecule has 0 spiro atoms. The molecule has 0 saturated carbocycles. The van der Waals surface area contributed by atoms with Crippen molar-refractivity contribution in [2.45, 2.75) is 45.6 Å². The molecular weight excluding hydrogens is 264 g/mol. The van der Waals surface area contributed by atoms with E-state index in [4.69, 9.17) is 4.74 Å². The van der Waals surface area contributed by atoms with Gasteiger partial charge in [-0.15, -0.1) is 0 Å². The van der Waals surface area contributed by atoms with Gasteiger partial charge in [0.15, 0.2) is 0 Å². The largest absolute Gasteiger partial charge is 0.375 e. The van der Waals surface area contributed by atoms with Crippen molar-refractivity contribution in [2.24, 2.45) is 0 Å². The summed E-state index contributed by atoms with van der Waals surface area (Å²) in [6.07, 6.45) is 3.69. The van der Waals surface area contributed by atoms with Crippen LogP contribution in [0.2, 0.25) is 0 Å². The Balaban J connectivity index is 2.26. The fraction of sp³-hybridized carbons (Fsp3) is 1.00. The van der Waals surface area contributed by atoms with Gasteiger partial charge >= 0.3 is 0 Å². The monoisotopic (exact) mass is 292 g/mol. The molecule has 0 aromatic rings. The van der Waals surface area contributed by atoms with E-state index in [0.29, 0.717) is 19.7 Å². The van der Waals surface area contributed by atoms with Gasteiger partial charge in [-0.25, -0.2) is 8.42 Å². The van der Waals surface area contributed by atoms with Gasteiger partial charge in [-0.2, -0.15) is 4.31 Å². The molecule has 1 atom stereocenters. The van der Waals surface area contributed by atoms with Gasteiger partial charge in [0.2, 0.25) is 10.0 Å². The van der Waals surface area contributed by atoms with E-state index in [1.807, 2.05) is 6.92 Å². The van der Waals surface area contributed by atoms with Gasteiger partial charge in [-0.3, -0.25) is 0 Å². The molecule has 0 aromatic heterocycles. The van der Waals surface area contributed by atoms with Crippen LogP contribution in [-0.2, 0) is 14.8 Å². The normalized spacial score (nSPS) is 21.7. The minimum atomic E-state index is -3.09. The maximum absolute atomic E-state index is 12.2. The third-order valence-electron chi connectivity index (χ3n) is 3.38. The number of hydrogen-bond donors (Lipinski definition) is 1. The summed E-state index contributed by atoms with van der Waals surface area (Å²) in [5, 5.41) is 3.29. The van der Waals surface area contributed by atoms with Gasteiger partial charge in [0.1, 0.15) is 0 Å². The Morgan fingerprint density at radius 3 is 2.74 bits per heavy atom. The third kappa shape index (κ3) is 6.21. The first-order valence-corrected chi connectivity index (χ1v) is 9.01. The molecular formula is C13H28N2O3S. The lowest BCUT2D eigenvalue weighted by Gasteiger charge is -2.31. The lowest BCUT2D eigenvalue weighted by molar-refractivity contribution is -0.00277. The van der Waals surface area contributed by atoms with Gasteiger partial charge in [0.25, 0.3) is 0 Å². The second-order valence-corrected chi connectivity index (χ2v) is 7.12. The summed E-state index contributed by atoms with van der Waals surface area (Å²) in [6, 6.07) is 0. The molecule has 1 fully saturated rings. The second kappa shape index (κ2) is 8.89. The van der Waals surface area contributed by atoms with Gasteiger partial charge in [0.05, 0.1) is 18.5 Å². The number of rotatable bonds is 9. The zero-order valence-electron chi connectivity index (χ0n) is 12.2. The molecule has 1 aliphatic rings. The van der Waals surface area contributed by atoms with E-state index in [2.05, 4.69) is 12.2 Å². The van der Waals surface area contributed by atoms with Crippen LogP contribution in [0, 0.1) is 0 Å². The first-order valence-electron chi connectivity index (χ1n) is 7.40. The van der Waals surface area contributed by atoms with Crippen molar-refractivity contribution in [1.82, 2.24) is 9.62 Å².